The Kier molecular flexibility index (Phi) is 7.01. The highest BCUT2D eigenvalue weighted by molar-refractivity contribution is 8.00. The number of aryl methyl sites for hydroxylation is 2. The van der Waals surface area contributed by atoms with Crippen LogP contribution >= 0.6 is 11.8 Å². The predicted molar refractivity (Wildman–Crippen MR) is 106 cm³/mol. The topological polar surface area (TPSA) is 98.5 Å². The highest BCUT2D eigenvalue weighted by Crippen LogP contribution is 2.24. The zero-order chi connectivity index (χ0) is 20.0. The Hall–Kier alpha value is -2.80. The number of carbonyl (C=O) groups is 3. The standard InChI is InChI=1S/C20H22N2O4S/c1-12-7-6-8-13(2)18(12)22-19(24)14(3)26-20(25)15-9-4-5-10-16(15)27-11-17(21)23/h4-10,14H,11H2,1-3H3,(H2,21,23)(H,22,24). The fraction of sp³-hybridized carbons (Fsp3) is 0.250. The van der Waals surface area contributed by atoms with E-state index in [0.29, 0.717) is 10.6 Å². The van der Waals surface area contributed by atoms with Gasteiger partial charge in [0.25, 0.3) is 5.91 Å². The van der Waals surface area contributed by atoms with Gasteiger partial charge in [0.05, 0.1) is 11.3 Å². The van der Waals surface area contributed by atoms with E-state index in [1.54, 1.807) is 24.3 Å². The van der Waals surface area contributed by atoms with Gasteiger partial charge in [0.2, 0.25) is 5.91 Å². The van der Waals surface area contributed by atoms with Crippen LogP contribution in [0.25, 0.3) is 0 Å². The molecule has 27 heavy (non-hydrogen) atoms. The minimum atomic E-state index is -0.981. The molecule has 0 saturated heterocycles. The lowest BCUT2D eigenvalue weighted by Gasteiger charge is -2.17. The summed E-state index contributed by atoms with van der Waals surface area (Å²) >= 11 is 1.15. The minimum absolute atomic E-state index is 0.0485. The van der Waals surface area contributed by atoms with E-state index in [2.05, 4.69) is 5.32 Å². The third-order valence-electron chi connectivity index (χ3n) is 3.86. The number of carbonyl (C=O) groups excluding carboxylic acids is 3. The van der Waals surface area contributed by atoms with Gasteiger partial charge in [-0.3, -0.25) is 9.59 Å². The van der Waals surface area contributed by atoms with Crippen molar-refractivity contribution in [2.24, 2.45) is 5.73 Å². The molecular formula is C20H22N2O4S. The number of hydrogen-bond donors (Lipinski definition) is 2. The predicted octanol–water partition coefficient (Wildman–Crippen LogP) is 3.06. The second-order valence-corrected chi connectivity index (χ2v) is 7.07. The summed E-state index contributed by atoms with van der Waals surface area (Å²) < 4.78 is 5.32. The lowest BCUT2D eigenvalue weighted by Crippen LogP contribution is -2.30. The number of esters is 1. The summed E-state index contributed by atoms with van der Waals surface area (Å²) in [6.07, 6.45) is -0.981. The van der Waals surface area contributed by atoms with Crippen molar-refractivity contribution in [3.63, 3.8) is 0 Å². The molecule has 2 aromatic rings. The molecule has 2 rings (SSSR count). The summed E-state index contributed by atoms with van der Waals surface area (Å²) in [5, 5.41) is 2.81. The van der Waals surface area contributed by atoms with Gasteiger partial charge in [-0.1, -0.05) is 30.3 Å². The zero-order valence-corrected chi connectivity index (χ0v) is 16.3. The molecule has 0 aromatic heterocycles. The lowest BCUT2D eigenvalue weighted by molar-refractivity contribution is -0.123. The van der Waals surface area contributed by atoms with Crippen molar-refractivity contribution >= 4 is 35.2 Å². The highest BCUT2D eigenvalue weighted by Gasteiger charge is 2.22. The number of hydrogen-bond acceptors (Lipinski definition) is 5. The molecule has 0 bridgehead atoms. The quantitative estimate of drug-likeness (QED) is 0.563. The number of nitrogens with one attached hydrogen (secondary N) is 1. The Balaban J connectivity index is 2.07. The number of primary amides is 1. The fourth-order valence-electron chi connectivity index (χ4n) is 2.42. The van der Waals surface area contributed by atoms with Crippen LogP contribution in [0.15, 0.2) is 47.4 Å². The van der Waals surface area contributed by atoms with E-state index in [1.807, 2.05) is 32.0 Å². The van der Waals surface area contributed by atoms with Crippen LogP contribution < -0.4 is 11.1 Å². The molecule has 142 valence electrons. The lowest BCUT2D eigenvalue weighted by atomic mass is 10.1. The average Bonchev–Trinajstić information content (AvgIpc) is 2.63. The van der Waals surface area contributed by atoms with Crippen molar-refractivity contribution in [3.05, 3.63) is 59.2 Å². The summed E-state index contributed by atoms with van der Waals surface area (Å²) in [5.74, 6) is -1.48. The van der Waals surface area contributed by atoms with Gasteiger partial charge in [0.15, 0.2) is 6.10 Å². The number of nitrogens with two attached hydrogens (primary N) is 1. The number of anilines is 1. The van der Waals surface area contributed by atoms with Crippen molar-refractivity contribution in [2.75, 3.05) is 11.1 Å². The SMILES string of the molecule is Cc1cccc(C)c1NC(=O)C(C)OC(=O)c1ccccc1SCC(N)=O. The number of benzene rings is 2. The third-order valence-corrected chi connectivity index (χ3v) is 4.96. The third kappa shape index (κ3) is 5.59. The van der Waals surface area contributed by atoms with Crippen LogP contribution in [-0.4, -0.2) is 29.6 Å². The van der Waals surface area contributed by atoms with Gasteiger partial charge in [-0.25, -0.2) is 4.79 Å². The number of para-hydroxylation sites is 1. The number of amides is 2. The highest BCUT2D eigenvalue weighted by atomic mass is 32.2. The first kappa shape index (κ1) is 20.5. The molecule has 0 aliphatic heterocycles. The maximum atomic E-state index is 12.5. The van der Waals surface area contributed by atoms with E-state index in [4.69, 9.17) is 10.5 Å². The van der Waals surface area contributed by atoms with Crippen LogP contribution in [0.5, 0.6) is 0 Å². The first-order valence-corrected chi connectivity index (χ1v) is 9.36. The van der Waals surface area contributed by atoms with Crippen LogP contribution in [0, 0.1) is 13.8 Å². The molecule has 7 heteroatoms. The van der Waals surface area contributed by atoms with E-state index in [1.165, 1.54) is 6.92 Å². The van der Waals surface area contributed by atoms with Crippen LogP contribution in [0.2, 0.25) is 0 Å². The van der Waals surface area contributed by atoms with Gasteiger partial charge in [-0.2, -0.15) is 0 Å². The Morgan fingerprint density at radius 2 is 1.70 bits per heavy atom. The van der Waals surface area contributed by atoms with Crippen molar-refractivity contribution in [3.8, 4) is 0 Å². The molecular weight excluding hydrogens is 364 g/mol. The van der Waals surface area contributed by atoms with E-state index >= 15 is 0 Å². The molecule has 0 saturated carbocycles. The Labute approximate surface area is 162 Å². The summed E-state index contributed by atoms with van der Waals surface area (Å²) in [5.41, 5.74) is 8.01. The molecule has 0 fully saturated rings. The van der Waals surface area contributed by atoms with Crippen LogP contribution in [0.4, 0.5) is 5.69 Å². The van der Waals surface area contributed by atoms with Crippen LogP contribution in [0.1, 0.15) is 28.4 Å². The molecule has 0 aliphatic rings. The molecule has 1 unspecified atom stereocenters. The van der Waals surface area contributed by atoms with Gasteiger partial charge in [-0.05, 0) is 44.0 Å². The number of ether oxygens (including phenoxy) is 1. The number of rotatable bonds is 7. The first-order valence-electron chi connectivity index (χ1n) is 8.37. The van der Waals surface area contributed by atoms with Gasteiger partial charge >= 0.3 is 5.97 Å². The Morgan fingerprint density at radius 1 is 1.07 bits per heavy atom. The van der Waals surface area contributed by atoms with Crippen molar-refractivity contribution in [1.82, 2.24) is 0 Å². The molecule has 0 aliphatic carbocycles. The van der Waals surface area contributed by atoms with Gasteiger partial charge in [0, 0.05) is 10.6 Å². The summed E-state index contributed by atoms with van der Waals surface area (Å²) in [6, 6.07) is 12.4. The molecule has 3 N–H and O–H groups in total. The second-order valence-electron chi connectivity index (χ2n) is 6.05. The monoisotopic (exact) mass is 386 g/mol. The van der Waals surface area contributed by atoms with Crippen LogP contribution in [-0.2, 0) is 14.3 Å². The van der Waals surface area contributed by atoms with Gasteiger partial charge < -0.3 is 15.8 Å². The Morgan fingerprint density at radius 3 is 2.33 bits per heavy atom. The summed E-state index contributed by atoms with van der Waals surface area (Å²) in [6.45, 7) is 5.30. The maximum Gasteiger partial charge on any atom is 0.340 e. The second kappa shape index (κ2) is 9.23. The van der Waals surface area contributed by atoms with E-state index in [9.17, 15) is 14.4 Å². The number of thioether (sulfide) groups is 1. The molecule has 0 radical (unpaired) electrons. The molecule has 6 nitrogen and oxygen atoms in total. The van der Waals surface area contributed by atoms with Gasteiger partial charge in [-0.15, -0.1) is 11.8 Å². The van der Waals surface area contributed by atoms with Crippen molar-refractivity contribution < 1.29 is 19.1 Å². The molecule has 0 heterocycles. The maximum absolute atomic E-state index is 12.5. The Bertz CT molecular complexity index is 847. The fourth-order valence-corrected chi connectivity index (χ4v) is 3.20. The average molecular weight is 386 g/mol. The van der Waals surface area contributed by atoms with Crippen molar-refractivity contribution in [1.29, 1.82) is 0 Å². The van der Waals surface area contributed by atoms with Gasteiger partial charge in [0.1, 0.15) is 0 Å². The summed E-state index contributed by atoms with van der Waals surface area (Å²) in [4.78, 5) is 36.5. The minimum Gasteiger partial charge on any atom is -0.449 e. The molecule has 1 atom stereocenters. The van der Waals surface area contributed by atoms with Crippen molar-refractivity contribution in [2.45, 2.75) is 31.8 Å². The normalized spacial score (nSPS) is 11.5. The largest absolute Gasteiger partial charge is 0.449 e. The van der Waals surface area contributed by atoms with E-state index in [0.717, 1.165) is 22.9 Å². The zero-order valence-electron chi connectivity index (χ0n) is 15.4. The van der Waals surface area contributed by atoms with E-state index in [-0.39, 0.29) is 11.3 Å². The summed E-state index contributed by atoms with van der Waals surface area (Å²) in [7, 11) is 0. The first-order chi connectivity index (χ1) is 12.8. The molecule has 2 aromatic carbocycles. The van der Waals surface area contributed by atoms with Crippen LogP contribution in [0.3, 0.4) is 0 Å². The molecule has 2 amide bonds. The van der Waals surface area contributed by atoms with E-state index < -0.39 is 23.9 Å². The molecule has 0 spiro atoms. The smallest absolute Gasteiger partial charge is 0.340 e.